The highest BCUT2D eigenvalue weighted by Gasteiger charge is 1.96. The number of rotatable bonds is 9. The molecule has 0 spiro atoms. The van der Waals surface area contributed by atoms with Gasteiger partial charge < -0.3 is 5.11 Å². The Hall–Kier alpha value is -0.310. The smallest absolute Gasteiger partial charge is 0.0761 e. The minimum Gasteiger partial charge on any atom is -0.516 e. The van der Waals surface area contributed by atoms with Crippen molar-refractivity contribution in [2.75, 3.05) is 11.5 Å². The van der Waals surface area contributed by atoms with E-state index < -0.39 is 10.8 Å². The lowest BCUT2D eigenvalue weighted by Crippen LogP contribution is -2.00. The summed E-state index contributed by atoms with van der Waals surface area (Å²) in [6.07, 6.45) is 9.92. The normalized spacial score (nSPS) is 13.5. The molecule has 0 aliphatic carbocycles. The van der Waals surface area contributed by atoms with Gasteiger partial charge in [0.05, 0.1) is 6.26 Å². The summed E-state index contributed by atoms with van der Waals surface area (Å²) in [5, 5.41) is 8.37. The van der Waals surface area contributed by atoms with Crippen molar-refractivity contribution in [1.29, 1.82) is 0 Å². The minimum atomic E-state index is -0.774. The van der Waals surface area contributed by atoms with E-state index in [2.05, 4.69) is 6.92 Å². The van der Waals surface area contributed by atoms with Crippen LogP contribution in [0.15, 0.2) is 12.3 Å². The number of aliphatic hydroxyl groups is 1. The lowest BCUT2D eigenvalue weighted by molar-refractivity contribution is 0.472. The van der Waals surface area contributed by atoms with Gasteiger partial charge in [0.1, 0.15) is 0 Å². The Morgan fingerprint density at radius 3 is 2.43 bits per heavy atom. The average molecular weight is 218 g/mol. The van der Waals surface area contributed by atoms with Crippen molar-refractivity contribution in [2.45, 2.75) is 45.4 Å². The summed E-state index contributed by atoms with van der Waals surface area (Å²) in [4.78, 5) is 0. The van der Waals surface area contributed by atoms with E-state index >= 15 is 0 Å². The predicted molar refractivity (Wildman–Crippen MR) is 63.0 cm³/mol. The fourth-order valence-corrected chi connectivity index (χ4v) is 2.27. The Bertz CT molecular complexity index is 167. The molecule has 0 radical (unpaired) electrons. The Balaban J connectivity index is 3.15. The van der Waals surface area contributed by atoms with Crippen LogP contribution in [0.25, 0.3) is 0 Å². The minimum absolute atomic E-state index is 0.492. The molecule has 3 heteroatoms. The molecule has 0 rings (SSSR count). The van der Waals surface area contributed by atoms with Crippen LogP contribution < -0.4 is 0 Å². The van der Waals surface area contributed by atoms with Crippen molar-refractivity contribution in [3.05, 3.63) is 12.3 Å². The summed E-state index contributed by atoms with van der Waals surface area (Å²) in [6, 6.07) is 0. The van der Waals surface area contributed by atoms with Gasteiger partial charge in [0.2, 0.25) is 0 Å². The fourth-order valence-electron chi connectivity index (χ4n) is 1.28. The van der Waals surface area contributed by atoms with Gasteiger partial charge in [0, 0.05) is 22.3 Å². The van der Waals surface area contributed by atoms with Crippen molar-refractivity contribution in [3.63, 3.8) is 0 Å². The third kappa shape index (κ3) is 9.78. The summed E-state index contributed by atoms with van der Waals surface area (Å²) in [5.41, 5.74) is 0. The third-order valence-corrected chi connectivity index (χ3v) is 3.42. The first kappa shape index (κ1) is 13.7. The third-order valence-electron chi connectivity index (χ3n) is 2.11. The molecule has 0 amide bonds. The molecule has 2 nitrogen and oxygen atoms in total. The number of unbranched alkanes of at least 4 members (excludes halogenated alkanes) is 5. The monoisotopic (exact) mass is 218 g/mol. The summed E-state index contributed by atoms with van der Waals surface area (Å²) in [7, 11) is -0.774. The quantitative estimate of drug-likeness (QED) is 0.477. The molecule has 1 N–H and O–H groups in total. The zero-order valence-corrected chi connectivity index (χ0v) is 9.89. The van der Waals surface area contributed by atoms with Gasteiger partial charge in [-0.1, -0.05) is 39.0 Å². The van der Waals surface area contributed by atoms with Gasteiger partial charge in [-0.3, -0.25) is 4.21 Å². The number of hydrogen-bond donors (Lipinski definition) is 1. The summed E-state index contributed by atoms with van der Waals surface area (Å²) >= 11 is 0. The first-order valence-corrected chi connectivity index (χ1v) is 6.94. The Labute approximate surface area is 89.9 Å². The Morgan fingerprint density at radius 2 is 1.79 bits per heavy atom. The maximum absolute atomic E-state index is 11.2. The van der Waals surface area contributed by atoms with Crippen LogP contribution in [0.4, 0.5) is 0 Å². The second-order valence-corrected chi connectivity index (χ2v) is 5.08. The van der Waals surface area contributed by atoms with E-state index in [4.69, 9.17) is 5.11 Å². The van der Waals surface area contributed by atoms with Crippen LogP contribution in [-0.4, -0.2) is 20.8 Å². The molecule has 1 atom stereocenters. The summed E-state index contributed by atoms with van der Waals surface area (Å²) in [5.74, 6) is 1.27. The van der Waals surface area contributed by atoms with Crippen LogP contribution in [0, 0.1) is 0 Å². The molecule has 0 bridgehead atoms. The standard InChI is InChI=1S/C11H22O2S/c1-2-3-4-5-6-7-10-14(13)11-8-9-12/h8-9,12H,2-7,10-11H2,1H3. The second kappa shape index (κ2) is 10.8. The van der Waals surface area contributed by atoms with Gasteiger partial charge in [-0.2, -0.15) is 0 Å². The summed E-state index contributed by atoms with van der Waals surface area (Å²) < 4.78 is 11.2. The van der Waals surface area contributed by atoms with E-state index in [9.17, 15) is 4.21 Å². The second-order valence-electron chi connectivity index (χ2n) is 3.46. The molecule has 84 valence electrons. The van der Waals surface area contributed by atoms with Crippen molar-refractivity contribution >= 4 is 10.8 Å². The van der Waals surface area contributed by atoms with E-state index in [1.54, 1.807) is 6.08 Å². The van der Waals surface area contributed by atoms with Crippen LogP contribution in [0.3, 0.4) is 0 Å². The average Bonchev–Trinajstić information content (AvgIpc) is 2.20. The van der Waals surface area contributed by atoms with Gasteiger partial charge in [-0.15, -0.1) is 0 Å². The molecule has 0 heterocycles. The molecular formula is C11H22O2S. The highest BCUT2D eigenvalue weighted by molar-refractivity contribution is 7.85. The summed E-state index contributed by atoms with van der Waals surface area (Å²) in [6.45, 7) is 2.20. The Kier molecular flexibility index (Phi) is 10.5. The van der Waals surface area contributed by atoms with E-state index in [1.807, 2.05) is 0 Å². The largest absolute Gasteiger partial charge is 0.516 e. The van der Waals surface area contributed by atoms with Gasteiger partial charge >= 0.3 is 0 Å². The van der Waals surface area contributed by atoms with Crippen molar-refractivity contribution in [3.8, 4) is 0 Å². The molecule has 14 heavy (non-hydrogen) atoms. The molecule has 0 aliphatic rings. The molecule has 0 saturated heterocycles. The molecule has 0 saturated carbocycles. The highest BCUT2D eigenvalue weighted by atomic mass is 32.2. The van der Waals surface area contributed by atoms with Crippen molar-refractivity contribution in [2.24, 2.45) is 0 Å². The van der Waals surface area contributed by atoms with Gasteiger partial charge in [-0.25, -0.2) is 0 Å². The zero-order valence-electron chi connectivity index (χ0n) is 9.08. The van der Waals surface area contributed by atoms with Crippen LogP contribution in [0.1, 0.15) is 45.4 Å². The van der Waals surface area contributed by atoms with E-state index in [1.165, 1.54) is 32.1 Å². The van der Waals surface area contributed by atoms with Crippen molar-refractivity contribution in [1.82, 2.24) is 0 Å². The first-order valence-electron chi connectivity index (χ1n) is 5.45. The van der Waals surface area contributed by atoms with E-state index in [0.29, 0.717) is 5.75 Å². The molecule has 0 fully saturated rings. The SMILES string of the molecule is CCCCCCCCS(=O)CC=CO. The lowest BCUT2D eigenvalue weighted by atomic mass is 10.1. The zero-order chi connectivity index (χ0) is 10.6. The fraction of sp³-hybridized carbons (Fsp3) is 0.818. The van der Waals surface area contributed by atoms with E-state index in [-0.39, 0.29) is 0 Å². The van der Waals surface area contributed by atoms with Crippen LogP contribution in [-0.2, 0) is 10.8 Å². The van der Waals surface area contributed by atoms with Crippen LogP contribution >= 0.6 is 0 Å². The molecule has 1 unspecified atom stereocenters. The molecule has 0 aromatic carbocycles. The number of aliphatic hydroxyl groups excluding tert-OH is 1. The van der Waals surface area contributed by atoms with Crippen LogP contribution in [0.2, 0.25) is 0 Å². The van der Waals surface area contributed by atoms with Crippen molar-refractivity contribution < 1.29 is 9.32 Å². The molecule has 0 aromatic rings. The van der Waals surface area contributed by atoms with Gasteiger partial charge in [0.15, 0.2) is 0 Å². The first-order chi connectivity index (χ1) is 6.81. The molecule has 0 aliphatic heterocycles. The topological polar surface area (TPSA) is 37.3 Å². The van der Waals surface area contributed by atoms with E-state index in [0.717, 1.165) is 18.4 Å². The maximum atomic E-state index is 11.2. The van der Waals surface area contributed by atoms with Crippen LogP contribution in [0.5, 0.6) is 0 Å². The number of hydrogen-bond acceptors (Lipinski definition) is 2. The molecule has 0 aromatic heterocycles. The Morgan fingerprint density at radius 1 is 1.14 bits per heavy atom. The highest BCUT2D eigenvalue weighted by Crippen LogP contribution is 2.05. The predicted octanol–water partition coefficient (Wildman–Crippen LogP) is 3.17. The maximum Gasteiger partial charge on any atom is 0.0761 e. The lowest BCUT2D eigenvalue weighted by Gasteiger charge is -1.99. The van der Waals surface area contributed by atoms with Gasteiger partial charge in [0.25, 0.3) is 0 Å². The molecular weight excluding hydrogens is 196 g/mol. The van der Waals surface area contributed by atoms with Gasteiger partial charge in [-0.05, 0) is 12.5 Å².